The predicted octanol–water partition coefficient (Wildman–Crippen LogP) is 4.97. The van der Waals surface area contributed by atoms with Crippen LogP contribution in [0.15, 0.2) is 66.9 Å². The van der Waals surface area contributed by atoms with Gasteiger partial charge in [-0.25, -0.2) is 13.8 Å². The summed E-state index contributed by atoms with van der Waals surface area (Å²) < 4.78 is 29.8. The van der Waals surface area contributed by atoms with Crippen LogP contribution in [0.2, 0.25) is 0 Å². The van der Waals surface area contributed by atoms with Crippen molar-refractivity contribution < 1.29 is 23.1 Å². The van der Waals surface area contributed by atoms with Crippen LogP contribution >= 0.6 is 0 Å². The van der Waals surface area contributed by atoms with Gasteiger partial charge in [0.1, 0.15) is 29.8 Å². The minimum atomic E-state index is -0.554. The minimum Gasteiger partial charge on any atom is -0.492 e. The Labute approximate surface area is 235 Å². The molecule has 1 aliphatic rings. The maximum atomic E-state index is 12.8. The van der Waals surface area contributed by atoms with E-state index in [1.54, 1.807) is 17.2 Å². The van der Waals surface area contributed by atoms with Crippen LogP contribution in [-0.4, -0.2) is 65.9 Å². The molecule has 1 aromatic heterocycles. The average molecular weight is 553 g/mol. The molecule has 0 spiro atoms. The predicted molar refractivity (Wildman–Crippen MR) is 152 cm³/mol. The first-order chi connectivity index (χ1) is 19.0. The smallest absolute Gasteiger partial charge is 0.242 e. The van der Waals surface area contributed by atoms with Crippen LogP contribution in [0.1, 0.15) is 31.9 Å². The van der Waals surface area contributed by atoms with Crippen molar-refractivity contribution in [3.8, 4) is 5.75 Å². The van der Waals surface area contributed by atoms with Crippen LogP contribution in [0.25, 0.3) is 0 Å². The van der Waals surface area contributed by atoms with E-state index in [1.165, 1.54) is 23.8 Å². The summed E-state index contributed by atoms with van der Waals surface area (Å²) in [5.41, 5.74) is 1.76. The Morgan fingerprint density at radius 1 is 1.00 bits per heavy atom. The zero-order valence-electron chi connectivity index (χ0n) is 23.8. The highest BCUT2D eigenvalue weighted by Gasteiger charge is 2.33. The molecule has 7 nitrogen and oxygen atoms in total. The SMILES string of the molecule is CCN(C)C(C)(C)C(=O)N(C)CCOc1ccc2c(c1)C[C@H](C(=O)Nc1ccccn1)C2.Fc1cccc(F)c1. The van der Waals surface area contributed by atoms with Crippen molar-refractivity contribution in [3.63, 3.8) is 0 Å². The zero-order valence-corrected chi connectivity index (χ0v) is 23.8. The molecule has 0 saturated heterocycles. The van der Waals surface area contributed by atoms with Crippen molar-refractivity contribution in [2.45, 2.75) is 39.2 Å². The Morgan fingerprint density at radius 3 is 2.30 bits per heavy atom. The molecule has 0 aliphatic heterocycles. The number of nitrogens with zero attached hydrogens (tertiary/aromatic N) is 3. The summed E-state index contributed by atoms with van der Waals surface area (Å²) in [5, 5.41) is 2.89. The summed E-state index contributed by atoms with van der Waals surface area (Å²) in [7, 11) is 3.76. The number of aromatic nitrogens is 1. The van der Waals surface area contributed by atoms with Crippen LogP contribution in [-0.2, 0) is 22.4 Å². The maximum absolute atomic E-state index is 12.8. The van der Waals surface area contributed by atoms with Gasteiger partial charge in [-0.1, -0.05) is 25.1 Å². The maximum Gasteiger partial charge on any atom is 0.242 e. The van der Waals surface area contributed by atoms with Gasteiger partial charge in [-0.2, -0.15) is 0 Å². The topological polar surface area (TPSA) is 74.8 Å². The van der Waals surface area contributed by atoms with Crippen LogP contribution in [0, 0.1) is 17.6 Å². The average Bonchev–Trinajstić information content (AvgIpc) is 3.36. The number of anilines is 1. The summed E-state index contributed by atoms with van der Waals surface area (Å²) in [5.74, 6) is 0.215. The van der Waals surface area contributed by atoms with Gasteiger partial charge in [-0.3, -0.25) is 14.5 Å². The molecule has 40 heavy (non-hydrogen) atoms. The molecule has 0 unspecified atom stereocenters. The summed E-state index contributed by atoms with van der Waals surface area (Å²) in [4.78, 5) is 33.3. The van der Waals surface area contributed by atoms with Gasteiger partial charge in [0.25, 0.3) is 0 Å². The Balaban J connectivity index is 0.000000472. The number of halogens is 2. The molecule has 214 valence electrons. The number of hydrogen-bond acceptors (Lipinski definition) is 5. The fraction of sp³-hybridized carbons (Fsp3) is 0.387. The molecule has 0 fully saturated rings. The third-order valence-corrected chi connectivity index (χ3v) is 7.18. The monoisotopic (exact) mass is 552 g/mol. The number of hydrogen-bond donors (Lipinski definition) is 1. The van der Waals surface area contributed by atoms with Gasteiger partial charge in [-0.15, -0.1) is 0 Å². The third-order valence-electron chi connectivity index (χ3n) is 7.18. The van der Waals surface area contributed by atoms with E-state index in [-0.39, 0.29) is 17.7 Å². The number of nitrogens with one attached hydrogen (secondary N) is 1. The number of likely N-dealkylation sites (N-methyl/N-ethyl adjacent to an activating group) is 2. The summed E-state index contributed by atoms with van der Waals surface area (Å²) in [6.45, 7) is 7.65. The van der Waals surface area contributed by atoms with E-state index >= 15 is 0 Å². The van der Waals surface area contributed by atoms with Crippen LogP contribution in [0.3, 0.4) is 0 Å². The normalized spacial score (nSPS) is 14.2. The van der Waals surface area contributed by atoms with E-state index in [9.17, 15) is 18.4 Å². The highest BCUT2D eigenvalue weighted by molar-refractivity contribution is 5.92. The van der Waals surface area contributed by atoms with E-state index in [0.717, 1.165) is 23.9 Å². The summed E-state index contributed by atoms with van der Waals surface area (Å²) in [6, 6.07) is 16.0. The second kappa shape index (κ2) is 14.0. The van der Waals surface area contributed by atoms with Crippen molar-refractivity contribution in [2.75, 3.05) is 39.1 Å². The lowest BCUT2D eigenvalue weighted by Gasteiger charge is -2.36. The van der Waals surface area contributed by atoms with Gasteiger partial charge >= 0.3 is 0 Å². The fourth-order valence-electron chi connectivity index (χ4n) is 4.42. The molecular formula is C31H38F2N4O3. The van der Waals surface area contributed by atoms with Gasteiger partial charge in [0.2, 0.25) is 11.8 Å². The number of fused-ring (bicyclic) bond motifs is 1. The van der Waals surface area contributed by atoms with Gasteiger partial charge in [0.05, 0.1) is 12.1 Å². The second-order valence-electron chi connectivity index (χ2n) is 10.3. The van der Waals surface area contributed by atoms with Crippen molar-refractivity contribution in [3.05, 3.63) is 89.6 Å². The molecule has 0 bridgehead atoms. The highest BCUT2D eigenvalue weighted by Crippen LogP contribution is 2.30. The molecule has 9 heteroatoms. The Kier molecular flexibility index (Phi) is 10.7. The first kappa shape index (κ1) is 30.7. The zero-order chi connectivity index (χ0) is 29.3. The lowest BCUT2D eigenvalue weighted by molar-refractivity contribution is -0.140. The van der Waals surface area contributed by atoms with Crippen LogP contribution in [0.5, 0.6) is 5.75 Å². The lowest BCUT2D eigenvalue weighted by atomic mass is 10.0. The number of rotatable bonds is 9. The number of ether oxygens (including phenoxy) is 1. The quantitative estimate of drug-likeness (QED) is 0.406. The minimum absolute atomic E-state index is 0.0119. The van der Waals surface area contributed by atoms with E-state index < -0.39 is 17.2 Å². The number of amides is 2. The Bertz CT molecular complexity index is 1270. The van der Waals surface area contributed by atoms with Gasteiger partial charge in [0.15, 0.2) is 0 Å². The van der Waals surface area contributed by atoms with Gasteiger partial charge < -0.3 is 15.0 Å². The molecule has 4 rings (SSSR count). The Morgan fingerprint density at radius 2 is 1.70 bits per heavy atom. The summed E-state index contributed by atoms with van der Waals surface area (Å²) >= 11 is 0. The lowest BCUT2D eigenvalue weighted by Crippen LogP contribution is -2.54. The van der Waals surface area contributed by atoms with Crippen LogP contribution in [0.4, 0.5) is 14.6 Å². The molecule has 3 aromatic rings. The standard InChI is InChI=1S/C25H34N4O3.C6H4F2/c1-6-29(5)25(2,3)24(31)28(4)13-14-32-21-11-10-18-15-20(16-19(18)17-21)23(30)27-22-9-7-8-12-26-22;7-5-2-1-3-6(8)4-5/h7-12,17,20H,6,13-16H2,1-5H3,(H,26,27,30);1-4H/t20-;/m1./s1. The van der Waals surface area contributed by atoms with Crippen molar-refractivity contribution in [1.29, 1.82) is 0 Å². The van der Waals surface area contributed by atoms with E-state index in [4.69, 9.17) is 4.74 Å². The van der Waals surface area contributed by atoms with Crippen molar-refractivity contribution >= 4 is 17.6 Å². The first-order valence-electron chi connectivity index (χ1n) is 13.4. The largest absolute Gasteiger partial charge is 0.492 e. The molecule has 2 aromatic carbocycles. The fourth-order valence-corrected chi connectivity index (χ4v) is 4.42. The van der Waals surface area contributed by atoms with E-state index in [2.05, 4.69) is 10.3 Å². The second-order valence-corrected chi connectivity index (χ2v) is 10.3. The van der Waals surface area contributed by atoms with Crippen molar-refractivity contribution in [1.82, 2.24) is 14.8 Å². The molecule has 1 heterocycles. The molecule has 1 atom stereocenters. The molecule has 1 N–H and O–H groups in total. The van der Waals surface area contributed by atoms with Crippen molar-refractivity contribution in [2.24, 2.45) is 5.92 Å². The third kappa shape index (κ3) is 8.32. The number of benzene rings is 2. The first-order valence-corrected chi connectivity index (χ1v) is 13.4. The Hall–Kier alpha value is -3.85. The molecule has 2 amide bonds. The van der Waals surface area contributed by atoms with E-state index in [1.807, 2.05) is 70.1 Å². The molecular weight excluding hydrogens is 514 g/mol. The number of carbonyl (C=O) groups is 2. The molecule has 0 saturated carbocycles. The van der Waals surface area contributed by atoms with E-state index in [0.29, 0.717) is 31.8 Å². The highest BCUT2D eigenvalue weighted by atomic mass is 19.1. The van der Waals surface area contributed by atoms with Gasteiger partial charge in [-0.05, 0) is 87.8 Å². The summed E-state index contributed by atoms with van der Waals surface area (Å²) in [6.07, 6.45) is 3.06. The molecule has 0 radical (unpaired) electrons. The van der Waals surface area contributed by atoms with Crippen LogP contribution < -0.4 is 10.1 Å². The molecule has 1 aliphatic carbocycles. The van der Waals surface area contributed by atoms with Gasteiger partial charge in [0, 0.05) is 25.2 Å². The number of carbonyl (C=O) groups excluding carboxylic acids is 2. The number of pyridine rings is 1.